The van der Waals surface area contributed by atoms with Crippen LogP contribution in [0.15, 0.2) is 42.6 Å². The number of aryl methyl sites for hydroxylation is 1. The lowest BCUT2D eigenvalue weighted by atomic mass is 10.1. The van der Waals surface area contributed by atoms with Gasteiger partial charge in [0.05, 0.1) is 20.1 Å². The van der Waals surface area contributed by atoms with E-state index in [4.69, 9.17) is 9.47 Å². The number of likely N-dealkylation sites (tertiary alicyclic amines) is 1. The molecular formula is C19H22N2O3. The van der Waals surface area contributed by atoms with E-state index in [-0.39, 0.29) is 12.0 Å². The highest BCUT2D eigenvalue weighted by atomic mass is 16.5. The lowest BCUT2D eigenvalue weighted by Gasteiger charge is -2.17. The van der Waals surface area contributed by atoms with Crippen molar-refractivity contribution in [1.82, 2.24) is 9.88 Å². The van der Waals surface area contributed by atoms with Crippen molar-refractivity contribution in [3.05, 3.63) is 53.7 Å². The summed E-state index contributed by atoms with van der Waals surface area (Å²) in [4.78, 5) is 18.6. The van der Waals surface area contributed by atoms with E-state index in [0.717, 1.165) is 29.8 Å². The van der Waals surface area contributed by atoms with Gasteiger partial charge in [0.15, 0.2) is 0 Å². The Hall–Kier alpha value is -2.56. The fourth-order valence-corrected chi connectivity index (χ4v) is 2.78. The van der Waals surface area contributed by atoms with Crippen LogP contribution in [-0.4, -0.2) is 42.1 Å². The van der Waals surface area contributed by atoms with E-state index >= 15 is 0 Å². The average Bonchev–Trinajstić information content (AvgIpc) is 3.06. The monoisotopic (exact) mass is 326 g/mol. The van der Waals surface area contributed by atoms with Crippen LogP contribution in [0.3, 0.4) is 0 Å². The van der Waals surface area contributed by atoms with Gasteiger partial charge in [-0.15, -0.1) is 0 Å². The minimum atomic E-state index is 0.0139. The minimum absolute atomic E-state index is 0.0139. The zero-order valence-corrected chi connectivity index (χ0v) is 14.1. The predicted octanol–water partition coefficient (Wildman–Crippen LogP) is 2.62. The standard InChI is InChI=1S/C19H22N2O3/c1-14-3-8-18(20-12-14)24-17-9-10-21(13-17)19(22)11-15-4-6-16(23-2)7-5-15/h3-8,12,17H,9-11,13H2,1-2H3/t17-/m0/s1. The van der Waals surface area contributed by atoms with Crippen LogP contribution in [-0.2, 0) is 11.2 Å². The third kappa shape index (κ3) is 4.04. The SMILES string of the molecule is COc1ccc(CC(=O)N2CC[C@H](Oc3ccc(C)cn3)C2)cc1. The van der Waals surface area contributed by atoms with E-state index in [1.54, 1.807) is 13.3 Å². The minimum Gasteiger partial charge on any atom is -0.497 e. The zero-order chi connectivity index (χ0) is 16.9. The maximum Gasteiger partial charge on any atom is 0.227 e. The second-order valence-electron chi connectivity index (χ2n) is 6.07. The number of hydrogen-bond acceptors (Lipinski definition) is 4. The molecule has 1 aliphatic rings. The third-order valence-electron chi connectivity index (χ3n) is 4.18. The molecule has 1 fully saturated rings. The Morgan fingerprint density at radius 1 is 1.25 bits per heavy atom. The summed E-state index contributed by atoms with van der Waals surface area (Å²) < 4.78 is 11.0. The van der Waals surface area contributed by atoms with Crippen LogP contribution >= 0.6 is 0 Å². The number of ether oxygens (including phenoxy) is 2. The Morgan fingerprint density at radius 3 is 2.71 bits per heavy atom. The van der Waals surface area contributed by atoms with Crippen LogP contribution < -0.4 is 9.47 Å². The van der Waals surface area contributed by atoms with Gasteiger partial charge >= 0.3 is 0 Å². The molecule has 0 aliphatic carbocycles. The van der Waals surface area contributed by atoms with Gasteiger partial charge < -0.3 is 14.4 Å². The first-order valence-electron chi connectivity index (χ1n) is 8.14. The molecule has 0 bridgehead atoms. The average molecular weight is 326 g/mol. The van der Waals surface area contributed by atoms with Gasteiger partial charge in [-0.1, -0.05) is 18.2 Å². The summed E-state index contributed by atoms with van der Waals surface area (Å²) in [5, 5.41) is 0. The lowest BCUT2D eigenvalue weighted by Crippen LogP contribution is -2.32. The van der Waals surface area contributed by atoms with Crippen molar-refractivity contribution in [3.8, 4) is 11.6 Å². The Balaban J connectivity index is 1.52. The van der Waals surface area contributed by atoms with Crippen molar-refractivity contribution in [2.45, 2.75) is 25.9 Å². The second kappa shape index (κ2) is 7.34. The first-order chi connectivity index (χ1) is 11.6. The first-order valence-corrected chi connectivity index (χ1v) is 8.14. The molecule has 24 heavy (non-hydrogen) atoms. The Kier molecular flexibility index (Phi) is 4.99. The highest BCUT2D eigenvalue weighted by Crippen LogP contribution is 2.18. The number of hydrogen-bond donors (Lipinski definition) is 0. The van der Waals surface area contributed by atoms with Crippen LogP contribution in [0.4, 0.5) is 0 Å². The number of amides is 1. The van der Waals surface area contributed by atoms with Crippen LogP contribution in [0, 0.1) is 6.92 Å². The number of nitrogens with zero attached hydrogens (tertiary/aromatic N) is 2. The van der Waals surface area contributed by atoms with Gasteiger partial charge in [-0.25, -0.2) is 4.98 Å². The molecule has 0 unspecified atom stereocenters. The molecule has 1 aliphatic heterocycles. The quantitative estimate of drug-likeness (QED) is 0.847. The van der Waals surface area contributed by atoms with E-state index in [1.165, 1.54) is 0 Å². The number of carbonyl (C=O) groups excluding carboxylic acids is 1. The summed E-state index contributed by atoms with van der Waals surface area (Å²) in [5.41, 5.74) is 2.09. The van der Waals surface area contributed by atoms with Gasteiger partial charge in [0, 0.05) is 25.2 Å². The molecule has 0 spiro atoms. The van der Waals surface area contributed by atoms with Crippen molar-refractivity contribution >= 4 is 5.91 Å². The summed E-state index contributed by atoms with van der Waals surface area (Å²) in [6, 6.07) is 11.5. The topological polar surface area (TPSA) is 51.7 Å². The van der Waals surface area contributed by atoms with E-state index in [0.29, 0.717) is 18.8 Å². The number of carbonyl (C=O) groups is 1. The Morgan fingerprint density at radius 2 is 2.04 bits per heavy atom. The highest BCUT2D eigenvalue weighted by Gasteiger charge is 2.27. The van der Waals surface area contributed by atoms with Crippen molar-refractivity contribution in [2.75, 3.05) is 20.2 Å². The fraction of sp³-hybridized carbons (Fsp3) is 0.368. The summed E-state index contributed by atoms with van der Waals surface area (Å²) in [6.07, 6.45) is 3.04. The Labute approximate surface area is 142 Å². The summed E-state index contributed by atoms with van der Waals surface area (Å²) in [6.45, 7) is 3.34. The van der Waals surface area contributed by atoms with Gasteiger partial charge in [-0.3, -0.25) is 4.79 Å². The summed E-state index contributed by atoms with van der Waals surface area (Å²) >= 11 is 0. The number of methoxy groups -OCH3 is 1. The van der Waals surface area contributed by atoms with Gasteiger partial charge in [-0.2, -0.15) is 0 Å². The number of benzene rings is 1. The number of pyridine rings is 1. The molecule has 1 atom stereocenters. The van der Waals surface area contributed by atoms with Gasteiger partial charge in [-0.05, 0) is 30.2 Å². The zero-order valence-electron chi connectivity index (χ0n) is 14.1. The van der Waals surface area contributed by atoms with Crippen molar-refractivity contribution < 1.29 is 14.3 Å². The molecule has 0 saturated carbocycles. The first kappa shape index (κ1) is 16.3. The van der Waals surface area contributed by atoms with E-state index < -0.39 is 0 Å². The molecule has 2 heterocycles. The van der Waals surface area contributed by atoms with E-state index in [2.05, 4.69) is 4.98 Å². The molecule has 3 rings (SSSR count). The smallest absolute Gasteiger partial charge is 0.227 e. The second-order valence-corrected chi connectivity index (χ2v) is 6.07. The van der Waals surface area contributed by atoms with Crippen molar-refractivity contribution in [1.29, 1.82) is 0 Å². The molecule has 1 aromatic carbocycles. The largest absolute Gasteiger partial charge is 0.497 e. The van der Waals surface area contributed by atoms with Crippen LogP contribution in [0.2, 0.25) is 0 Å². The molecule has 1 saturated heterocycles. The molecule has 0 radical (unpaired) electrons. The molecule has 0 N–H and O–H groups in total. The Bertz CT molecular complexity index is 683. The maximum atomic E-state index is 12.4. The molecule has 1 aromatic heterocycles. The van der Waals surface area contributed by atoms with E-state index in [9.17, 15) is 4.79 Å². The molecule has 1 amide bonds. The normalized spacial score (nSPS) is 16.9. The van der Waals surface area contributed by atoms with Crippen molar-refractivity contribution in [3.63, 3.8) is 0 Å². The third-order valence-corrected chi connectivity index (χ3v) is 4.18. The molecule has 5 nitrogen and oxygen atoms in total. The van der Waals surface area contributed by atoms with Crippen LogP contribution in [0.1, 0.15) is 17.5 Å². The summed E-state index contributed by atoms with van der Waals surface area (Å²) in [5.74, 6) is 1.55. The lowest BCUT2D eigenvalue weighted by molar-refractivity contribution is -0.129. The summed E-state index contributed by atoms with van der Waals surface area (Å²) in [7, 11) is 1.63. The van der Waals surface area contributed by atoms with Crippen molar-refractivity contribution in [2.24, 2.45) is 0 Å². The molecule has 5 heteroatoms. The highest BCUT2D eigenvalue weighted by molar-refractivity contribution is 5.79. The number of rotatable bonds is 5. The number of aromatic nitrogens is 1. The predicted molar refractivity (Wildman–Crippen MR) is 91.3 cm³/mol. The van der Waals surface area contributed by atoms with Gasteiger partial charge in [0.25, 0.3) is 0 Å². The molecule has 2 aromatic rings. The molecular weight excluding hydrogens is 304 g/mol. The van der Waals surface area contributed by atoms with E-state index in [1.807, 2.05) is 48.2 Å². The maximum absolute atomic E-state index is 12.4. The van der Waals surface area contributed by atoms with Gasteiger partial charge in [0.2, 0.25) is 11.8 Å². The van der Waals surface area contributed by atoms with Crippen LogP contribution in [0.25, 0.3) is 0 Å². The molecule has 126 valence electrons. The fourth-order valence-electron chi connectivity index (χ4n) is 2.78. The van der Waals surface area contributed by atoms with Crippen LogP contribution in [0.5, 0.6) is 11.6 Å². The van der Waals surface area contributed by atoms with Gasteiger partial charge in [0.1, 0.15) is 11.9 Å².